The molecule has 0 unspecified atom stereocenters. The number of hydrogen-bond acceptors (Lipinski definition) is 3. The molecular formula is C17H21N3O2. The number of aromatic nitrogens is 1. The van der Waals surface area contributed by atoms with Gasteiger partial charge in [-0.3, -0.25) is 4.79 Å². The maximum atomic E-state index is 11.7. The van der Waals surface area contributed by atoms with E-state index in [1.54, 1.807) is 0 Å². The summed E-state index contributed by atoms with van der Waals surface area (Å²) in [5, 5.41) is 19.2. The molecule has 0 radical (unpaired) electrons. The molecule has 1 aromatic heterocycles. The lowest BCUT2D eigenvalue weighted by atomic mass is 10.1. The van der Waals surface area contributed by atoms with Crippen LogP contribution in [0.4, 0.5) is 5.69 Å². The van der Waals surface area contributed by atoms with Crippen molar-refractivity contribution in [2.75, 3.05) is 0 Å². The van der Waals surface area contributed by atoms with Gasteiger partial charge in [-0.05, 0) is 31.2 Å². The largest absolute Gasteiger partial charge is 0.493 e. The summed E-state index contributed by atoms with van der Waals surface area (Å²) >= 11 is 0. The van der Waals surface area contributed by atoms with Gasteiger partial charge in [0.2, 0.25) is 5.88 Å². The van der Waals surface area contributed by atoms with Crippen LogP contribution in [0, 0.1) is 11.8 Å². The van der Waals surface area contributed by atoms with E-state index in [9.17, 15) is 9.90 Å². The van der Waals surface area contributed by atoms with Crippen molar-refractivity contribution >= 4 is 22.5 Å². The Bertz CT molecular complexity index is 727. The first-order valence-electron chi connectivity index (χ1n) is 7.83. The number of rotatable bonds is 5. The summed E-state index contributed by atoms with van der Waals surface area (Å²) in [7, 11) is 0. The highest BCUT2D eigenvalue weighted by Gasteiger charge is 2.30. The Morgan fingerprint density at radius 3 is 2.77 bits per heavy atom. The van der Waals surface area contributed by atoms with E-state index >= 15 is 0 Å². The quantitative estimate of drug-likeness (QED) is 0.831. The molecule has 2 aromatic rings. The van der Waals surface area contributed by atoms with Gasteiger partial charge >= 0.3 is 0 Å². The van der Waals surface area contributed by atoms with E-state index in [4.69, 9.17) is 0 Å². The summed E-state index contributed by atoms with van der Waals surface area (Å²) in [6.45, 7) is 5.02. The van der Waals surface area contributed by atoms with Crippen LogP contribution in [0.15, 0.2) is 34.5 Å². The van der Waals surface area contributed by atoms with Gasteiger partial charge in [0, 0.05) is 17.8 Å². The van der Waals surface area contributed by atoms with Crippen molar-refractivity contribution in [1.82, 2.24) is 4.57 Å². The van der Waals surface area contributed by atoms with Crippen LogP contribution in [-0.2, 0) is 11.3 Å². The zero-order chi connectivity index (χ0) is 15.7. The van der Waals surface area contributed by atoms with Crippen LogP contribution in [0.5, 0.6) is 5.88 Å². The molecule has 3 rings (SSSR count). The first-order chi connectivity index (χ1) is 10.6. The molecule has 0 bridgehead atoms. The minimum absolute atomic E-state index is 0.0418. The summed E-state index contributed by atoms with van der Waals surface area (Å²) in [5.74, 6) is 0.495. The molecule has 5 heteroatoms. The van der Waals surface area contributed by atoms with Gasteiger partial charge < -0.3 is 9.67 Å². The molecule has 116 valence electrons. The second-order valence-electron chi connectivity index (χ2n) is 6.34. The molecule has 0 spiro atoms. The molecule has 1 aromatic carbocycles. The lowest BCUT2D eigenvalue weighted by Gasteiger charge is -2.08. The number of fused-ring (bicyclic) bond motifs is 1. The van der Waals surface area contributed by atoms with Crippen LogP contribution >= 0.6 is 0 Å². The van der Waals surface area contributed by atoms with Gasteiger partial charge in [-0.2, -0.15) is 0 Å². The normalized spacial score (nSPS) is 15.2. The monoisotopic (exact) mass is 299 g/mol. The standard InChI is InChI=1S/C17H21N3O2/c1-11(2)9-10-20-14-6-4-3-5-13(14)15(17(20)22)18-19-16(21)12-7-8-12/h3-6,11-12,22H,7-10H2,1-2H3. The average Bonchev–Trinajstić information content (AvgIpc) is 3.29. The van der Waals surface area contributed by atoms with E-state index in [1.807, 2.05) is 28.8 Å². The van der Waals surface area contributed by atoms with E-state index in [-0.39, 0.29) is 17.7 Å². The number of carbonyl (C=O) groups is 1. The molecule has 5 nitrogen and oxygen atoms in total. The van der Waals surface area contributed by atoms with Gasteiger partial charge in [-0.1, -0.05) is 32.0 Å². The molecule has 0 saturated heterocycles. The number of aryl methyl sites for hydroxylation is 1. The molecule has 0 aliphatic heterocycles. The lowest BCUT2D eigenvalue weighted by Crippen LogP contribution is -2.00. The van der Waals surface area contributed by atoms with Gasteiger partial charge in [-0.25, -0.2) is 0 Å². The Hall–Kier alpha value is -2.17. The van der Waals surface area contributed by atoms with Crippen LogP contribution in [-0.4, -0.2) is 15.6 Å². The topological polar surface area (TPSA) is 66.9 Å². The van der Waals surface area contributed by atoms with Crippen molar-refractivity contribution in [3.63, 3.8) is 0 Å². The Morgan fingerprint density at radius 1 is 1.36 bits per heavy atom. The van der Waals surface area contributed by atoms with Gasteiger partial charge in [0.1, 0.15) is 0 Å². The van der Waals surface area contributed by atoms with E-state index in [1.165, 1.54) is 0 Å². The number of azo groups is 1. The van der Waals surface area contributed by atoms with Crippen LogP contribution in [0.1, 0.15) is 33.1 Å². The maximum absolute atomic E-state index is 11.7. The summed E-state index contributed by atoms with van der Waals surface area (Å²) in [6.07, 6.45) is 2.77. The molecule has 1 amide bonds. The van der Waals surface area contributed by atoms with Crippen LogP contribution < -0.4 is 0 Å². The Morgan fingerprint density at radius 2 is 2.09 bits per heavy atom. The summed E-state index contributed by atoms with van der Waals surface area (Å²) in [6, 6.07) is 7.69. The zero-order valence-corrected chi connectivity index (χ0v) is 13.0. The van der Waals surface area contributed by atoms with Crippen molar-refractivity contribution in [2.24, 2.45) is 22.1 Å². The lowest BCUT2D eigenvalue weighted by molar-refractivity contribution is -0.119. The fourth-order valence-electron chi connectivity index (χ4n) is 2.50. The fraction of sp³-hybridized carbons (Fsp3) is 0.471. The first kappa shape index (κ1) is 14.8. The molecule has 1 heterocycles. The SMILES string of the molecule is CC(C)CCn1c(O)c(N=NC(=O)C2CC2)c2ccccc21. The molecule has 0 atom stereocenters. The highest BCUT2D eigenvalue weighted by Crippen LogP contribution is 2.39. The number of aromatic hydroxyl groups is 1. The second-order valence-corrected chi connectivity index (χ2v) is 6.34. The van der Waals surface area contributed by atoms with Crippen molar-refractivity contribution in [1.29, 1.82) is 0 Å². The Kier molecular flexibility index (Phi) is 3.96. The maximum Gasteiger partial charge on any atom is 0.267 e. The molecular weight excluding hydrogens is 278 g/mol. The van der Waals surface area contributed by atoms with Gasteiger partial charge in [0.15, 0.2) is 5.69 Å². The van der Waals surface area contributed by atoms with Crippen LogP contribution in [0.25, 0.3) is 10.9 Å². The van der Waals surface area contributed by atoms with Crippen molar-refractivity contribution in [3.05, 3.63) is 24.3 Å². The number of para-hydroxylation sites is 1. The minimum atomic E-state index is -0.182. The molecule has 1 fully saturated rings. The fourth-order valence-corrected chi connectivity index (χ4v) is 2.50. The minimum Gasteiger partial charge on any atom is -0.493 e. The Balaban J connectivity index is 1.98. The summed E-state index contributed by atoms with van der Waals surface area (Å²) in [5.41, 5.74) is 1.32. The average molecular weight is 299 g/mol. The van der Waals surface area contributed by atoms with Crippen molar-refractivity contribution < 1.29 is 9.90 Å². The smallest absolute Gasteiger partial charge is 0.267 e. The predicted octanol–water partition coefficient (Wildman–Crippen LogP) is 4.41. The van der Waals surface area contributed by atoms with Gasteiger partial charge in [0.05, 0.1) is 5.52 Å². The van der Waals surface area contributed by atoms with Crippen molar-refractivity contribution in [2.45, 2.75) is 39.7 Å². The number of nitrogens with zero attached hydrogens (tertiary/aromatic N) is 3. The van der Waals surface area contributed by atoms with Crippen molar-refractivity contribution in [3.8, 4) is 5.88 Å². The summed E-state index contributed by atoms with van der Waals surface area (Å²) in [4.78, 5) is 11.7. The van der Waals surface area contributed by atoms with Gasteiger partial charge in [-0.15, -0.1) is 10.2 Å². The second kappa shape index (κ2) is 5.91. The Labute approximate surface area is 129 Å². The van der Waals surface area contributed by atoms with E-state index in [0.29, 0.717) is 11.6 Å². The third kappa shape index (κ3) is 2.89. The number of benzene rings is 1. The first-order valence-corrected chi connectivity index (χ1v) is 7.83. The van der Waals surface area contributed by atoms with E-state index in [0.717, 1.165) is 36.7 Å². The van der Waals surface area contributed by atoms with E-state index < -0.39 is 0 Å². The third-order valence-corrected chi connectivity index (χ3v) is 4.02. The summed E-state index contributed by atoms with van der Waals surface area (Å²) < 4.78 is 1.85. The predicted molar refractivity (Wildman–Crippen MR) is 85.3 cm³/mol. The number of carbonyl (C=O) groups excluding carboxylic acids is 1. The highest BCUT2D eigenvalue weighted by molar-refractivity contribution is 5.95. The molecule has 1 N–H and O–H groups in total. The molecule has 1 saturated carbocycles. The van der Waals surface area contributed by atoms with E-state index in [2.05, 4.69) is 24.1 Å². The number of hydrogen-bond donors (Lipinski definition) is 1. The molecule has 1 aliphatic carbocycles. The third-order valence-electron chi connectivity index (χ3n) is 4.02. The highest BCUT2D eigenvalue weighted by atomic mass is 16.3. The number of amides is 1. The van der Waals surface area contributed by atoms with Gasteiger partial charge in [0.25, 0.3) is 5.91 Å². The molecule has 1 aliphatic rings. The van der Waals surface area contributed by atoms with Crippen LogP contribution in [0.3, 0.4) is 0 Å². The zero-order valence-electron chi connectivity index (χ0n) is 13.0. The van der Waals surface area contributed by atoms with Crippen LogP contribution in [0.2, 0.25) is 0 Å². The molecule has 22 heavy (non-hydrogen) atoms.